The van der Waals surface area contributed by atoms with Crippen LogP contribution in [0.3, 0.4) is 0 Å². The standard InChI is InChI=1S/C24H23N3O3/c1-24(2,3)18-7-4-16(5-8-18)14-26-10-11-27-20(23(26)28)13-19(25-27)17-6-9-21-22(12-17)30-15-29-21/h4-13H,14-15H2,1-3H3. The number of aromatic nitrogens is 3. The average molecular weight is 401 g/mol. The Morgan fingerprint density at radius 3 is 2.50 bits per heavy atom. The molecule has 0 atom stereocenters. The van der Waals surface area contributed by atoms with E-state index in [-0.39, 0.29) is 17.8 Å². The minimum atomic E-state index is -0.0723. The van der Waals surface area contributed by atoms with Crippen molar-refractivity contribution in [3.63, 3.8) is 0 Å². The van der Waals surface area contributed by atoms with Gasteiger partial charge in [0.2, 0.25) is 6.79 Å². The molecular weight excluding hydrogens is 378 g/mol. The van der Waals surface area contributed by atoms with Crippen molar-refractivity contribution in [3.8, 4) is 22.8 Å². The summed E-state index contributed by atoms with van der Waals surface area (Å²) in [4.78, 5) is 13.0. The summed E-state index contributed by atoms with van der Waals surface area (Å²) in [5.74, 6) is 1.42. The van der Waals surface area contributed by atoms with Gasteiger partial charge < -0.3 is 14.0 Å². The van der Waals surface area contributed by atoms with Gasteiger partial charge in [-0.05, 0) is 40.8 Å². The molecule has 0 N–H and O–H groups in total. The van der Waals surface area contributed by atoms with E-state index in [4.69, 9.17) is 9.47 Å². The predicted octanol–water partition coefficient (Wildman–Crippen LogP) is 4.24. The molecule has 0 spiro atoms. The molecule has 3 heterocycles. The lowest BCUT2D eigenvalue weighted by atomic mass is 9.87. The molecule has 2 aromatic heterocycles. The van der Waals surface area contributed by atoms with Crippen LogP contribution in [0.1, 0.15) is 31.9 Å². The van der Waals surface area contributed by atoms with Gasteiger partial charge in [0, 0.05) is 18.0 Å². The Balaban J connectivity index is 1.47. The average Bonchev–Trinajstić information content (AvgIpc) is 3.36. The number of fused-ring (bicyclic) bond motifs is 2. The topological polar surface area (TPSA) is 57.8 Å². The van der Waals surface area contributed by atoms with Crippen LogP contribution in [0.4, 0.5) is 0 Å². The maximum atomic E-state index is 13.0. The molecule has 0 aliphatic carbocycles. The first-order valence-electron chi connectivity index (χ1n) is 9.97. The summed E-state index contributed by atoms with van der Waals surface area (Å²) in [6.07, 6.45) is 3.60. The zero-order chi connectivity index (χ0) is 20.9. The minimum Gasteiger partial charge on any atom is -0.454 e. The zero-order valence-electron chi connectivity index (χ0n) is 17.3. The van der Waals surface area contributed by atoms with Gasteiger partial charge in [0.1, 0.15) is 5.52 Å². The van der Waals surface area contributed by atoms with Crippen LogP contribution >= 0.6 is 0 Å². The Morgan fingerprint density at radius 1 is 0.967 bits per heavy atom. The monoisotopic (exact) mass is 401 g/mol. The first-order valence-corrected chi connectivity index (χ1v) is 9.97. The van der Waals surface area contributed by atoms with Gasteiger partial charge >= 0.3 is 0 Å². The van der Waals surface area contributed by atoms with Crippen molar-refractivity contribution in [3.05, 3.63) is 82.4 Å². The lowest BCUT2D eigenvalue weighted by Crippen LogP contribution is -2.21. The van der Waals surface area contributed by atoms with Crippen LogP contribution in [0.15, 0.2) is 65.7 Å². The van der Waals surface area contributed by atoms with Crippen LogP contribution in [-0.4, -0.2) is 21.0 Å². The fourth-order valence-corrected chi connectivity index (χ4v) is 3.65. The quantitative estimate of drug-likeness (QED) is 0.515. The maximum Gasteiger partial charge on any atom is 0.276 e. The molecule has 0 amide bonds. The third-order valence-corrected chi connectivity index (χ3v) is 5.44. The van der Waals surface area contributed by atoms with E-state index in [1.54, 1.807) is 15.3 Å². The van der Waals surface area contributed by atoms with Crippen molar-refractivity contribution >= 4 is 5.52 Å². The summed E-state index contributed by atoms with van der Waals surface area (Å²) in [6.45, 7) is 7.32. The molecule has 6 heteroatoms. The third-order valence-electron chi connectivity index (χ3n) is 5.44. The molecule has 0 fully saturated rings. The molecule has 1 aliphatic rings. The molecule has 30 heavy (non-hydrogen) atoms. The molecule has 6 nitrogen and oxygen atoms in total. The molecule has 0 bridgehead atoms. The van der Waals surface area contributed by atoms with E-state index in [1.165, 1.54) is 5.56 Å². The second-order valence-electron chi connectivity index (χ2n) is 8.61. The van der Waals surface area contributed by atoms with Crippen molar-refractivity contribution in [2.24, 2.45) is 0 Å². The molecule has 0 saturated heterocycles. The number of rotatable bonds is 3. The van der Waals surface area contributed by atoms with E-state index in [2.05, 4.69) is 50.1 Å². The van der Waals surface area contributed by atoms with E-state index in [0.29, 0.717) is 17.8 Å². The van der Waals surface area contributed by atoms with Crippen molar-refractivity contribution < 1.29 is 9.47 Å². The summed E-state index contributed by atoms with van der Waals surface area (Å²) >= 11 is 0. The highest BCUT2D eigenvalue weighted by atomic mass is 16.7. The highest BCUT2D eigenvalue weighted by Crippen LogP contribution is 2.35. The highest BCUT2D eigenvalue weighted by molar-refractivity contribution is 5.68. The second-order valence-corrected chi connectivity index (χ2v) is 8.61. The summed E-state index contributed by atoms with van der Waals surface area (Å²) in [7, 11) is 0. The van der Waals surface area contributed by atoms with E-state index < -0.39 is 0 Å². The van der Waals surface area contributed by atoms with Gasteiger partial charge in [0.25, 0.3) is 5.56 Å². The van der Waals surface area contributed by atoms with Gasteiger partial charge in [-0.2, -0.15) is 5.10 Å². The third kappa shape index (κ3) is 3.24. The molecule has 1 aliphatic heterocycles. The highest BCUT2D eigenvalue weighted by Gasteiger charge is 2.16. The van der Waals surface area contributed by atoms with E-state index >= 15 is 0 Å². The molecule has 0 unspecified atom stereocenters. The van der Waals surface area contributed by atoms with Gasteiger partial charge in [0.05, 0.1) is 12.2 Å². The van der Waals surface area contributed by atoms with Crippen molar-refractivity contribution in [2.75, 3.05) is 6.79 Å². The Bertz CT molecular complexity index is 1290. The summed E-state index contributed by atoms with van der Waals surface area (Å²) < 4.78 is 14.2. The van der Waals surface area contributed by atoms with Crippen LogP contribution in [0, 0.1) is 0 Å². The van der Waals surface area contributed by atoms with Crippen LogP contribution in [0.25, 0.3) is 16.8 Å². The summed E-state index contributed by atoms with van der Waals surface area (Å²) in [5, 5.41) is 4.56. The first kappa shape index (κ1) is 18.5. The molecule has 0 radical (unpaired) electrons. The van der Waals surface area contributed by atoms with Crippen LogP contribution in [-0.2, 0) is 12.0 Å². The van der Waals surface area contributed by atoms with E-state index in [9.17, 15) is 4.79 Å². The number of nitrogens with zero attached hydrogens (tertiary/aromatic N) is 3. The number of hydrogen-bond acceptors (Lipinski definition) is 4. The van der Waals surface area contributed by atoms with Gasteiger partial charge in [-0.25, -0.2) is 4.52 Å². The smallest absolute Gasteiger partial charge is 0.276 e. The lowest BCUT2D eigenvalue weighted by Gasteiger charge is -2.19. The normalized spacial score (nSPS) is 13.2. The Morgan fingerprint density at radius 2 is 1.73 bits per heavy atom. The number of ether oxygens (including phenoxy) is 2. The van der Waals surface area contributed by atoms with Crippen molar-refractivity contribution in [1.82, 2.24) is 14.2 Å². The van der Waals surface area contributed by atoms with Crippen LogP contribution in [0.2, 0.25) is 0 Å². The van der Waals surface area contributed by atoms with Crippen LogP contribution < -0.4 is 15.0 Å². The Hall–Kier alpha value is -3.54. The minimum absolute atomic E-state index is 0.0723. The molecule has 2 aromatic carbocycles. The van der Waals surface area contributed by atoms with E-state index in [0.717, 1.165) is 22.6 Å². The van der Waals surface area contributed by atoms with Crippen molar-refractivity contribution in [1.29, 1.82) is 0 Å². The fraction of sp³-hybridized carbons (Fsp3) is 0.250. The molecule has 5 rings (SSSR count). The number of benzene rings is 2. The largest absolute Gasteiger partial charge is 0.454 e. The van der Waals surface area contributed by atoms with Gasteiger partial charge in [-0.3, -0.25) is 4.79 Å². The zero-order valence-corrected chi connectivity index (χ0v) is 17.3. The lowest BCUT2D eigenvalue weighted by molar-refractivity contribution is 0.174. The fourth-order valence-electron chi connectivity index (χ4n) is 3.65. The summed E-state index contributed by atoms with van der Waals surface area (Å²) in [5.41, 5.74) is 4.54. The maximum absolute atomic E-state index is 13.0. The second kappa shape index (κ2) is 6.76. The molecule has 4 aromatic rings. The summed E-state index contributed by atoms with van der Waals surface area (Å²) in [6, 6.07) is 15.9. The van der Waals surface area contributed by atoms with Gasteiger partial charge in [-0.15, -0.1) is 0 Å². The predicted molar refractivity (Wildman–Crippen MR) is 115 cm³/mol. The molecular formula is C24H23N3O3. The Kier molecular flexibility index (Phi) is 4.17. The van der Waals surface area contributed by atoms with E-state index in [1.807, 2.05) is 30.5 Å². The molecule has 152 valence electrons. The van der Waals surface area contributed by atoms with Crippen LogP contribution in [0.5, 0.6) is 11.5 Å². The number of hydrogen-bond donors (Lipinski definition) is 0. The first-order chi connectivity index (χ1) is 14.4. The van der Waals surface area contributed by atoms with Gasteiger partial charge in [0.15, 0.2) is 11.5 Å². The SMILES string of the molecule is CC(C)(C)c1ccc(Cn2ccn3nc(-c4ccc5c(c4)OCO5)cc3c2=O)cc1. The molecule has 0 saturated carbocycles. The Labute approximate surface area is 174 Å². The van der Waals surface area contributed by atoms with Gasteiger partial charge in [-0.1, -0.05) is 45.0 Å². The van der Waals surface area contributed by atoms with Crippen molar-refractivity contribution in [2.45, 2.75) is 32.7 Å².